The van der Waals surface area contributed by atoms with Crippen LogP contribution in [0.15, 0.2) is 36.4 Å². The van der Waals surface area contributed by atoms with Gasteiger partial charge in [-0.05, 0) is 54.5 Å². The molecule has 1 aromatic heterocycles. The van der Waals surface area contributed by atoms with Gasteiger partial charge in [0.15, 0.2) is 11.6 Å². The van der Waals surface area contributed by atoms with E-state index in [0.717, 1.165) is 18.9 Å². The molecule has 3 rings (SSSR count). The molecular weight excluding hydrogens is 312 g/mol. The van der Waals surface area contributed by atoms with Crippen LogP contribution < -0.4 is 10.2 Å². The predicted molar refractivity (Wildman–Crippen MR) is 101 cm³/mol. The average Bonchev–Trinajstić information content (AvgIpc) is 2.62. The monoisotopic (exact) mass is 338 g/mol. The van der Waals surface area contributed by atoms with Gasteiger partial charge in [0.05, 0.1) is 0 Å². The number of carbonyl (C=O) groups is 1. The normalized spacial score (nSPS) is 15.1. The van der Waals surface area contributed by atoms with Gasteiger partial charge in [-0.15, -0.1) is 10.2 Å². The fraction of sp³-hybridized carbons (Fsp3) is 0.450. The average molecular weight is 338 g/mol. The summed E-state index contributed by atoms with van der Waals surface area (Å²) in [7, 11) is 0. The maximum absolute atomic E-state index is 12.4. The third-order valence-corrected chi connectivity index (χ3v) is 4.59. The van der Waals surface area contributed by atoms with Crippen molar-refractivity contribution in [2.24, 2.45) is 0 Å². The van der Waals surface area contributed by atoms with E-state index < -0.39 is 0 Å². The van der Waals surface area contributed by atoms with Crippen molar-refractivity contribution in [1.82, 2.24) is 10.2 Å². The van der Waals surface area contributed by atoms with E-state index in [1.54, 1.807) is 0 Å². The predicted octanol–water partition coefficient (Wildman–Crippen LogP) is 4.02. The van der Waals surface area contributed by atoms with Gasteiger partial charge in [0.2, 0.25) is 0 Å². The Labute approximate surface area is 149 Å². The Hall–Kier alpha value is -2.43. The van der Waals surface area contributed by atoms with Crippen LogP contribution in [0.4, 0.5) is 11.6 Å². The third-order valence-electron chi connectivity index (χ3n) is 4.59. The molecule has 1 amide bonds. The quantitative estimate of drug-likeness (QED) is 0.918. The highest BCUT2D eigenvalue weighted by Crippen LogP contribution is 2.22. The minimum atomic E-state index is -0.166. The zero-order valence-corrected chi connectivity index (χ0v) is 15.2. The van der Waals surface area contributed by atoms with Crippen molar-refractivity contribution < 1.29 is 4.79 Å². The van der Waals surface area contributed by atoms with E-state index in [0.29, 0.717) is 11.4 Å². The van der Waals surface area contributed by atoms with Crippen molar-refractivity contribution in [3.05, 3.63) is 47.5 Å². The topological polar surface area (TPSA) is 58.1 Å². The molecule has 5 nitrogen and oxygen atoms in total. The van der Waals surface area contributed by atoms with Crippen LogP contribution in [0.1, 0.15) is 56.0 Å². The first-order valence-electron chi connectivity index (χ1n) is 8.94. The van der Waals surface area contributed by atoms with Crippen LogP contribution in [-0.2, 0) is 5.41 Å². The number of hydrogen-bond donors (Lipinski definition) is 1. The zero-order valence-electron chi connectivity index (χ0n) is 15.2. The first-order chi connectivity index (χ1) is 11.9. The second kappa shape index (κ2) is 7.21. The molecule has 2 aromatic rings. The van der Waals surface area contributed by atoms with Crippen LogP contribution >= 0.6 is 0 Å². The van der Waals surface area contributed by atoms with E-state index in [2.05, 4.69) is 41.2 Å². The molecule has 1 aromatic carbocycles. The summed E-state index contributed by atoms with van der Waals surface area (Å²) in [4.78, 5) is 14.6. The number of piperidine rings is 1. The van der Waals surface area contributed by atoms with Crippen molar-refractivity contribution in [3.63, 3.8) is 0 Å². The van der Waals surface area contributed by atoms with Gasteiger partial charge < -0.3 is 10.2 Å². The van der Waals surface area contributed by atoms with Crippen molar-refractivity contribution in [2.75, 3.05) is 23.3 Å². The number of nitrogens with zero attached hydrogens (tertiary/aromatic N) is 3. The lowest BCUT2D eigenvalue weighted by atomic mass is 9.87. The summed E-state index contributed by atoms with van der Waals surface area (Å²) in [6.07, 6.45) is 3.68. The molecule has 1 aliphatic rings. The van der Waals surface area contributed by atoms with Gasteiger partial charge in [-0.1, -0.05) is 32.9 Å². The summed E-state index contributed by atoms with van der Waals surface area (Å²) < 4.78 is 0. The van der Waals surface area contributed by atoms with E-state index in [9.17, 15) is 4.79 Å². The molecule has 0 radical (unpaired) electrons. The summed E-state index contributed by atoms with van der Waals surface area (Å²) in [6, 6.07) is 11.5. The minimum Gasteiger partial charge on any atom is -0.355 e. The summed E-state index contributed by atoms with van der Waals surface area (Å²) in [5.74, 6) is 1.19. The molecule has 2 heterocycles. The standard InChI is InChI=1S/C20H26N4O/c1-20(2,3)16-9-7-15(8-10-16)19(25)21-17-11-12-18(23-22-17)24-13-5-4-6-14-24/h7-12H,4-6,13-14H2,1-3H3,(H,21,22,25). The van der Waals surface area contributed by atoms with Gasteiger partial charge in [-0.2, -0.15) is 0 Å². The summed E-state index contributed by atoms with van der Waals surface area (Å²) in [5.41, 5.74) is 1.90. The van der Waals surface area contributed by atoms with Crippen molar-refractivity contribution in [2.45, 2.75) is 45.4 Å². The van der Waals surface area contributed by atoms with Crippen LogP contribution in [0.5, 0.6) is 0 Å². The Bertz CT molecular complexity index is 711. The smallest absolute Gasteiger partial charge is 0.256 e. The third kappa shape index (κ3) is 4.35. The highest BCUT2D eigenvalue weighted by molar-refractivity contribution is 6.03. The molecule has 0 spiro atoms. The van der Waals surface area contributed by atoms with E-state index in [1.165, 1.54) is 24.8 Å². The molecule has 1 N–H and O–H groups in total. The van der Waals surface area contributed by atoms with Gasteiger partial charge >= 0.3 is 0 Å². The molecule has 25 heavy (non-hydrogen) atoms. The lowest BCUT2D eigenvalue weighted by molar-refractivity contribution is 0.102. The van der Waals surface area contributed by atoms with Gasteiger partial charge in [0.25, 0.3) is 5.91 Å². The molecule has 0 aliphatic carbocycles. The largest absolute Gasteiger partial charge is 0.355 e. The molecule has 0 bridgehead atoms. The summed E-state index contributed by atoms with van der Waals surface area (Å²) in [5, 5.41) is 11.2. The number of carbonyl (C=O) groups excluding carboxylic acids is 1. The number of anilines is 2. The number of benzene rings is 1. The molecule has 1 aliphatic heterocycles. The SMILES string of the molecule is CC(C)(C)c1ccc(C(=O)Nc2ccc(N3CCCCC3)nn2)cc1. The van der Waals surface area contributed by atoms with Crippen LogP contribution in [0.2, 0.25) is 0 Å². The van der Waals surface area contributed by atoms with Crippen molar-refractivity contribution in [3.8, 4) is 0 Å². The maximum Gasteiger partial charge on any atom is 0.256 e. The molecule has 0 unspecified atom stereocenters. The van der Waals surface area contributed by atoms with E-state index in [4.69, 9.17) is 0 Å². The minimum absolute atomic E-state index is 0.0742. The molecule has 132 valence electrons. The fourth-order valence-corrected chi connectivity index (χ4v) is 2.99. The second-order valence-electron chi connectivity index (χ2n) is 7.61. The van der Waals surface area contributed by atoms with E-state index in [-0.39, 0.29) is 11.3 Å². The van der Waals surface area contributed by atoms with Gasteiger partial charge in [0.1, 0.15) is 0 Å². The van der Waals surface area contributed by atoms with Crippen molar-refractivity contribution >= 4 is 17.5 Å². The maximum atomic E-state index is 12.4. The molecule has 1 saturated heterocycles. The highest BCUT2D eigenvalue weighted by Gasteiger charge is 2.15. The van der Waals surface area contributed by atoms with Crippen LogP contribution in [-0.4, -0.2) is 29.2 Å². The van der Waals surface area contributed by atoms with Gasteiger partial charge in [0, 0.05) is 18.7 Å². The van der Waals surface area contributed by atoms with Gasteiger partial charge in [-0.3, -0.25) is 4.79 Å². The second-order valence-corrected chi connectivity index (χ2v) is 7.61. The highest BCUT2D eigenvalue weighted by atomic mass is 16.1. The molecule has 1 fully saturated rings. The van der Waals surface area contributed by atoms with Gasteiger partial charge in [-0.25, -0.2) is 0 Å². The number of hydrogen-bond acceptors (Lipinski definition) is 4. The molecular formula is C20H26N4O. The first-order valence-corrected chi connectivity index (χ1v) is 8.94. The first kappa shape index (κ1) is 17.4. The Morgan fingerprint density at radius 3 is 2.20 bits per heavy atom. The van der Waals surface area contributed by atoms with Crippen molar-refractivity contribution in [1.29, 1.82) is 0 Å². The van der Waals surface area contributed by atoms with Crippen LogP contribution in [0, 0.1) is 0 Å². The van der Waals surface area contributed by atoms with E-state index in [1.807, 2.05) is 36.4 Å². The summed E-state index contributed by atoms with van der Waals surface area (Å²) >= 11 is 0. The Balaban J connectivity index is 1.64. The fourth-order valence-electron chi connectivity index (χ4n) is 2.99. The number of aromatic nitrogens is 2. The number of amides is 1. The summed E-state index contributed by atoms with van der Waals surface area (Å²) in [6.45, 7) is 8.52. The zero-order chi connectivity index (χ0) is 17.9. The Morgan fingerprint density at radius 1 is 0.960 bits per heavy atom. The molecule has 0 atom stereocenters. The Kier molecular flexibility index (Phi) is 5.02. The van der Waals surface area contributed by atoms with E-state index >= 15 is 0 Å². The lowest BCUT2D eigenvalue weighted by Gasteiger charge is -2.27. The number of nitrogens with one attached hydrogen (secondary N) is 1. The molecule has 5 heteroatoms. The number of rotatable bonds is 3. The Morgan fingerprint density at radius 2 is 1.64 bits per heavy atom. The lowest BCUT2D eigenvalue weighted by Crippen LogP contribution is -2.30. The van der Waals surface area contributed by atoms with Crippen LogP contribution in [0.3, 0.4) is 0 Å². The van der Waals surface area contributed by atoms with Crippen LogP contribution in [0.25, 0.3) is 0 Å². The molecule has 0 saturated carbocycles.